The molecule has 0 aromatic heterocycles. The molecule has 1 amide bonds. The summed E-state index contributed by atoms with van der Waals surface area (Å²) in [6.45, 7) is 16.2. The minimum absolute atomic E-state index is 0.324. The second-order valence-electron chi connectivity index (χ2n) is 9.46. The molecule has 178 valence electrons. The van der Waals surface area contributed by atoms with E-state index in [4.69, 9.17) is 4.99 Å². The number of amides is 1. The molecule has 0 bridgehead atoms. The van der Waals surface area contributed by atoms with Crippen molar-refractivity contribution in [3.05, 3.63) is 0 Å². The number of carbonyl (C=O) groups is 1. The van der Waals surface area contributed by atoms with E-state index in [1.807, 2.05) is 0 Å². The summed E-state index contributed by atoms with van der Waals surface area (Å²) in [4.78, 5) is 27.0. The molecule has 0 aromatic carbocycles. The number of piperidine rings is 1. The van der Waals surface area contributed by atoms with Gasteiger partial charge in [-0.05, 0) is 64.6 Å². The molecule has 0 radical (unpaired) electrons. The fourth-order valence-corrected chi connectivity index (χ4v) is 5.10. The van der Waals surface area contributed by atoms with Gasteiger partial charge in [-0.2, -0.15) is 0 Å². The second-order valence-corrected chi connectivity index (χ2v) is 9.46. The zero-order chi connectivity index (χ0) is 21.9. The Labute approximate surface area is 190 Å². The molecule has 3 saturated heterocycles. The Morgan fingerprint density at radius 3 is 2.13 bits per heavy atom. The molecule has 0 unspecified atom stereocenters. The van der Waals surface area contributed by atoms with Crippen LogP contribution >= 0.6 is 0 Å². The predicted octanol–water partition coefficient (Wildman–Crippen LogP) is 2.09. The Bertz CT molecular complexity index is 544. The lowest BCUT2D eigenvalue weighted by Crippen LogP contribution is -2.54. The van der Waals surface area contributed by atoms with Gasteiger partial charge in [0.15, 0.2) is 5.96 Å². The van der Waals surface area contributed by atoms with E-state index in [9.17, 15) is 4.79 Å². The Morgan fingerprint density at radius 2 is 1.52 bits per heavy atom. The quantitative estimate of drug-likeness (QED) is 0.491. The smallest absolute Gasteiger partial charge is 0.236 e. The Morgan fingerprint density at radius 1 is 0.839 bits per heavy atom. The van der Waals surface area contributed by atoms with Crippen LogP contribution in [0.2, 0.25) is 0 Å². The monoisotopic (exact) mass is 434 g/mol. The largest absolute Gasteiger partial charge is 0.357 e. The van der Waals surface area contributed by atoms with Crippen molar-refractivity contribution in [2.45, 2.75) is 58.8 Å². The first-order chi connectivity index (χ1) is 15.2. The number of aliphatic imine (C=N–C) groups is 1. The average Bonchev–Trinajstić information content (AvgIpc) is 3.09. The van der Waals surface area contributed by atoms with Gasteiger partial charge in [-0.3, -0.25) is 14.7 Å². The number of hydrogen-bond donors (Lipinski definition) is 1. The number of guanidine groups is 1. The number of carbonyl (C=O) groups excluding carboxylic acids is 1. The van der Waals surface area contributed by atoms with Crippen molar-refractivity contribution in [3.63, 3.8) is 0 Å². The van der Waals surface area contributed by atoms with Crippen LogP contribution in [0.25, 0.3) is 0 Å². The van der Waals surface area contributed by atoms with Gasteiger partial charge in [0.2, 0.25) is 5.91 Å². The lowest BCUT2D eigenvalue weighted by molar-refractivity contribution is -0.132. The van der Waals surface area contributed by atoms with Crippen molar-refractivity contribution in [1.29, 1.82) is 0 Å². The number of rotatable bonds is 7. The van der Waals surface area contributed by atoms with E-state index < -0.39 is 0 Å². The van der Waals surface area contributed by atoms with Crippen LogP contribution in [-0.2, 0) is 4.79 Å². The van der Waals surface area contributed by atoms with Gasteiger partial charge in [0.25, 0.3) is 0 Å². The molecule has 7 nitrogen and oxygen atoms in total. The topological polar surface area (TPSA) is 54.4 Å². The molecule has 0 saturated carbocycles. The van der Waals surface area contributed by atoms with Gasteiger partial charge in [0, 0.05) is 52.4 Å². The third kappa shape index (κ3) is 7.94. The molecular weight excluding hydrogens is 388 g/mol. The number of hydrogen-bond acceptors (Lipinski definition) is 4. The molecule has 31 heavy (non-hydrogen) atoms. The molecule has 3 heterocycles. The summed E-state index contributed by atoms with van der Waals surface area (Å²) in [6, 6.07) is 0. The maximum atomic E-state index is 12.7. The SMILES string of the molecule is CCNC(=NCCC1CCN(CC)CC1)N1CCN(CC(=O)N2CCCCCC2)CC1. The fraction of sp³-hybridized carbons (Fsp3) is 0.917. The summed E-state index contributed by atoms with van der Waals surface area (Å²) in [6.07, 6.45) is 8.73. The van der Waals surface area contributed by atoms with Crippen LogP contribution in [0.1, 0.15) is 58.8 Å². The molecule has 0 aliphatic carbocycles. The molecule has 0 atom stereocenters. The van der Waals surface area contributed by atoms with Crippen LogP contribution in [0, 0.1) is 5.92 Å². The maximum absolute atomic E-state index is 12.7. The van der Waals surface area contributed by atoms with Gasteiger partial charge in [0.1, 0.15) is 0 Å². The lowest BCUT2D eigenvalue weighted by atomic mass is 9.94. The standard InChI is InChI=1S/C24H46N6O/c1-3-25-24(26-12-9-22-10-15-27(4-2)16-11-22)30-19-17-28(18-20-30)21-23(31)29-13-7-5-6-8-14-29/h22H,3-21H2,1-2H3,(H,25,26). The first kappa shape index (κ1) is 24.3. The molecule has 3 aliphatic rings. The van der Waals surface area contributed by atoms with Crippen molar-refractivity contribution >= 4 is 11.9 Å². The normalized spacial score (nSPS) is 23.1. The van der Waals surface area contributed by atoms with Crippen molar-refractivity contribution in [3.8, 4) is 0 Å². The van der Waals surface area contributed by atoms with Gasteiger partial charge in [0.05, 0.1) is 6.54 Å². The van der Waals surface area contributed by atoms with Crippen molar-refractivity contribution < 1.29 is 4.79 Å². The molecule has 1 N–H and O–H groups in total. The Balaban J connectivity index is 1.40. The highest BCUT2D eigenvalue weighted by atomic mass is 16.2. The third-order valence-corrected chi connectivity index (χ3v) is 7.28. The molecule has 0 aromatic rings. The van der Waals surface area contributed by atoms with Crippen molar-refractivity contribution in [2.24, 2.45) is 10.9 Å². The van der Waals surface area contributed by atoms with Crippen LogP contribution in [0.3, 0.4) is 0 Å². The van der Waals surface area contributed by atoms with Crippen molar-refractivity contribution in [2.75, 3.05) is 78.5 Å². The third-order valence-electron chi connectivity index (χ3n) is 7.28. The van der Waals surface area contributed by atoms with Gasteiger partial charge in [-0.15, -0.1) is 0 Å². The molecule has 3 fully saturated rings. The number of nitrogens with one attached hydrogen (secondary N) is 1. The van der Waals surface area contributed by atoms with Crippen molar-refractivity contribution in [1.82, 2.24) is 24.9 Å². The highest BCUT2D eigenvalue weighted by Gasteiger charge is 2.24. The van der Waals surface area contributed by atoms with E-state index in [2.05, 4.69) is 38.8 Å². The summed E-state index contributed by atoms with van der Waals surface area (Å²) in [5.41, 5.74) is 0. The highest BCUT2D eigenvalue weighted by Crippen LogP contribution is 2.20. The van der Waals surface area contributed by atoms with E-state index in [1.54, 1.807) is 0 Å². The molecule has 3 aliphatic heterocycles. The van der Waals surface area contributed by atoms with Crippen LogP contribution in [0.15, 0.2) is 4.99 Å². The minimum Gasteiger partial charge on any atom is -0.357 e. The fourth-order valence-electron chi connectivity index (χ4n) is 5.10. The zero-order valence-electron chi connectivity index (χ0n) is 20.2. The second kappa shape index (κ2) is 13.3. The van der Waals surface area contributed by atoms with E-state index in [-0.39, 0.29) is 0 Å². The summed E-state index contributed by atoms with van der Waals surface area (Å²) >= 11 is 0. The maximum Gasteiger partial charge on any atom is 0.236 e. The molecule has 0 spiro atoms. The van der Waals surface area contributed by atoms with E-state index >= 15 is 0 Å². The van der Waals surface area contributed by atoms with Gasteiger partial charge in [-0.1, -0.05) is 19.8 Å². The summed E-state index contributed by atoms with van der Waals surface area (Å²) < 4.78 is 0. The van der Waals surface area contributed by atoms with E-state index in [0.717, 1.165) is 64.2 Å². The number of piperazine rings is 1. The van der Waals surface area contributed by atoms with Gasteiger partial charge in [-0.25, -0.2) is 0 Å². The summed E-state index contributed by atoms with van der Waals surface area (Å²) in [5.74, 6) is 2.22. The first-order valence-electron chi connectivity index (χ1n) is 12.9. The van der Waals surface area contributed by atoms with Crippen LogP contribution < -0.4 is 5.32 Å². The molecule has 3 rings (SSSR count). The summed E-state index contributed by atoms with van der Waals surface area (Å²) in [7, 11) is 0. The average molecular weight is 435 g/mol. The minimum atomic E-state index is 0.324. The van der Waals surface area contributed by atoms with Crippen LogP contribution in [-0.4, -0.2) is 110 Å². The first-order valence-corrected chi connectivity index (χ1v) is 12.9. The number of likely N-dealkylation sites (tertiary alicyclic amines) is 2. The molecule has 7 heteroatoms. The van der Waals surface area contributed by atoms with Gasteiger partial charge >= 0.3 is 0 Å². The Kier molecular flexibility index (Phi) is 10.4. The van der Waals surface area contributed by atoms with Crippen LogP contribution in [0.4, 0.5) is 0 Å². The van der Waals surface area contributed by atoms with E-state index in [1.165, 1.54) is 64.6 Å². The molecular formula is C24H46N6O. The number of nitrogens with zero attached hydrogens (tertiary/aromatic N) is 5. The van der Waals surface area contributed by atoms with Crippen LogP contribution in [0.5, 0.6) is 0 Å². The van der Waals surface area contributed by atoms with Gasteiger partial charge < -0.3 is 20.0 Å². The summed E-state index contributed by atoms with van der Waals surface area (Å²) in [5, 5.41) is 3.49. The predicted molar refractivity (Wildman–Crippen MR) is 128 cm³/mol. The Hall–Kier alpha value is -1.34. The van der Waals surface area contributed by atoms with E-state index in [0.29, 0.717) is 12.5 Å². The zero-order valence-corrected chi connectivity index (χ0v) is 20.2. The highest BCUT2D eigenvalue weighted by molar-refractivity contribution is 5.80. The lowest BCUT2D eigenvalue weighted by Gasteiger charge is -2.37.